The lowest BCUT2D eigenvalue weighted by molar-refractivity contribution is 0.0373. The molecule has 0 aliphatic carbocycles. The fourth-order valence-corrected chi connectivity index (χ4v) is 2.70. The Bertz CT molecular complexity index is 637. The first-order valence-corrected chi connectivity index (χ1v) is 8.05. The van der Waals surface area contributed by atoms with Crippen LogP contribution in [0.5, 0.6) is 5.75 Å². The Morgan fingerprint density at radius 2 is 2.00 bits per heavy atom. The van der Waals surface area contributed by atoms with Gasteiger partial charge in [-0.05, 0) is 25.5 Å². The predicted octanol–water partition coefficient (Wildman–Crippen LogP) is 2.35. The van der Waals surface area contributed by atoms with Crippen LogP contribution in [0.2, 0.25) is 0 Å². The number of hydrogen-bond donors (Lipinski definition) is 1. The molecule has 1 aliphatic heterocycles. The van der Waals surface area contributed by atoms with Gasteiger partial charge in [-0.1, -0.05) is 18.2 Å². The summed E-state index contributed by atoms with van der Waals surface area (Å²) >= 11 is 0. The number of ether oxygens (including phenoxy) is 1. The lowest BCUT2D eigenvalue weighted by Crippen LogP contribution is -2.52. The molecule has 0 radical (unpaired) electrons. The second kappa shape index (κ2) is 7.06. The van der Waals surface area contributed by atoms with Gasteiger partial charge in [-0.2, -0.15) is 0 Å². The molecule has 2 aromatic rings. The smallest absolute Gasteiger partial charge is 0.159 e. The van der Waals surface area contributed by atoms with Gasteiger partial charge in [0.2, 0.25) is 0 Å². The topological polar surface area (TPSA) is 58.5 Å². The average molecular weight is 313 g/mol. The van der Waals surface area contributed by atoms with Crippen molar-refractivity contribution >= 4 is 0 Å². The van der Waals surface area contributed by atoms with Gasteiger partial charge in [0.05, 0.1) is 25.6 Å². The van der Waals surface area contributed by atoms with Gasteiger partial charge >= 0.3 is 0 Å². The molecule has 0 unspecified atom stereocenters. The molecule has 5 heteroatoms. The monoisotopic (exact) mass is 313 g/mol. The van der Waals surface area contributed by atoms with Gasteiger partial charge in [-0.25, -0.2) is 9.97 Å². The highest BCUT2D eigenvalue weighted by atomic mass is 16.5. The Hall–Kier alpha value is -1.98. The summed E-state index contributed by atoms with van der Waals surface area (Å²) in [5.41, 5.74) is 1.75. The minimum absolute atomic E-state index is 0.0177. The van der Waals surface area contributed by atoms with Crippen LogP contribution in [0.3, 0.4) is 0 Å². The summed E-state index contributed by atoms with van der Waals surface area (Å²) in [5, 5.41) is 9.19. The lowest BCUT2D eigenvalue weighted by atomic mass is 9.99. The molecule has 1 aromatic carbocycles. The Morgan fingerprint density at radius 1 is 1.26 bits per heavy atom. The molecule has 5 nitrogen and oxygen atoms in total. The number of rotatable bonds is 6. The van der Waals surface area contributed by atoms with Gasteiger partial charge in [0, 0.05) is 30.6 Å². The molecule has 23 heavy (non-hydrogen) atoms. The van der Waals surface area contributed by atoms with Crippen molar-refractivity contribution in [2.45, 2.75) is 26.5 Å². The predicted molar refractivity (Wildman–Crippen MR) is 89.1 cm³/mol. The summed E-state index contributed by atoms with van der Waals surface area (Å²) in [4.78, 5) is 11.2. The number of nitrogens with zero attached hydrogens (tertiary/aromatic N) is 3. The average Bonchev–Trinajstić information content (AvgIpc) is 2.53. The molecule has 2 heterocycles. The molecule has 0 amide bonds. The number of hydrogen-bond acceptors (Lipinski definition) is 5. The number of likely N-dealkylation sites (tertiary alicyclic amines) is 1. The van der Waals surface area contributed by atoms with Crippen LogP contribution in [0.15, 0.2) is 36.7 Å². The molecule has 0 spiro atoms. The van der Waals surface area contributed by atoms with E-state index in [1.807, 2.05) is 24.3 Å². The standard InChI is InChI=1S/C18H23N3O2/c1-13(2)21-9-15(10-21)12-23-17-7-19-18(20-8-17)16-5-3-4-14(6-16)11-22/h3-8,13,15,22H,9-12H2,1-2H3. The summed E-state index contributed by atoms with van der Waals surface area (Å²) in [6.07, 6.45) is 3.43. The van der Waals surface area contributed by atoms with E-state index in [-0.39, 0.29) is 6.61 Å². The van der Waals surface area contributed by atoms with Crippen molar-refractivity contribution in [2.75, 3.05) is 19.7 Å². The van der Waals surface area contributed by atoms with Crippen LogP contribution in [0.1, 0.15) is 19.4 Å². The molecule has 1 fully saturated rings. The third-order valence-electron chi connectivity index (χ3n) is 4.20. The Morgan fingerprint density at radius 3 is 2.65 bits per heavy atom. The Kier molecular flexibility index (Phi) is 4.88. The second-order valence-corrected chi connectivity index (χ2v) is 6.33. The Labute approximate surface area is 137 Å². The zero-order valence-corrected chi connectivity index (χ0v) is 13.6. The van der Waals surface area contributed by atoms with Crippen LogP contribution in [0, 0.1) is 5.92 Å². The van der Waals surface area contributed by atoms with Gasteiger partial charge in [0.1, 0.15) is 0 Å². The fraction of sp³-hybridized carbons (Fsp3) is 0.444. The molecule has 1 aromatic heterocycles. The molecular formula is C18H23N3O2. The van der Waals surface area contributed by atoms with Crippen LogP contribution in [-0.4, -0.2) is 45.7 Å². The third-order valence-corrected chi connectivity index (χ3v) is 4.20. The minimum Gasteiger partial charge on any atom is -0.490 e. The SMILES string of the molecule is CC(C)N1CC(COc2cnc(-c3cccc(CO)c3)nc2)C1. The van der Waals surface area contributed by atoms with Crippen LogP contribution in [0.4, 0.5) is 0 Å². The van der Waals surface area contributed by atoms with Gasteiger partial charge in [0.15, 0.2) is 11.6 Å². The van der Waals surface area contributed by atoms with Crippen molar-refractivity contribution in [2.24, 2.45) is 5.92 Å². The molecule has 1 aliphatic rings. The highest BCUT2D eigenvalue weighted by Gasteiger charge is 2.28. The van der Waals surface area contributed by atoms with Crippen LogP contribution in [0.25, 0.3) is 11.4 Å². The van der Waals surface area contributed by atoms with E-state index in [4.69, 9.17) is 4.74 Å². The molecular weight excluding hydrogens is 290 g/mol. The first-order valence-electron chi connectivity index (χ1n) is 8.05. The zero-order chi connectivity index (χ0) is 16.2. The summed E-state index contributed by atoms with van der Waals surface area (Å²) in [6.45, 7) is 7.37. The van der Waals surface area contributed by atoms with E-state index >= 15 is 0 Å². The maximum absolute atomic E-state index is 9.19. The fourth-order valence-electron chi connectivity index (χ4n) is 2.70. The van der Waals surface area contributed by atoms with Crippen molar-refractivity contribution in [3.63, 3.8) is 0 Å². The quantitative estimate of drug-likeness (QED) is 0.887. The molecule has 1 saturated heterocycles. The van der Waals surface area contributed by atoms with Crippen molar-refractivity contribution < 1.29 is 9.84 Å². The van der Waals surface area contributed by atoms with E-state index in [2.05, 4.69) is 28.7 Å². The number of aliphatic hydroxyl groups is 1. The molecule has 1 N–H and O–H groups in total. The van der Waals surface area contributed by atoms with E-state index in [9.17, 15) is 5.11 Å². The number of aliphatic hydroxyl groups excluding tert-OH is 1. The summed E-state index contributed by atoms with van der Waals surface area (Å²) in [7, 11) is 0. The maximum atomic E-state index is 9.19. The first kappa shape index (κ1) is 15.9. The van der Waals surface area contributed by atoms with Crippen molar-refractivity contribution in [3.8, 4) is 17.1 Å². The highest BCUT2D eigenvalue weighted by Crippen LogP contribution is 2.21. The second-order valence-electron chi connectivity index (χ2n) is 6.33. The van der Waals surface area contributed by atoms with E-state index in [0.717, 1.165) is 24.2 Å². The van der Waals surface area contributed by atoms with E-state index < -0.39 is 0 Å². The normalized spacial score (nSPS) is 15.7. The van der Waals surface area contributed by atoms with Gasteiger partial charge in [-0.15, -0.1) is 0 Å². The summed E-state index contributed by atoms with van der Waals surface area (Å²) < 4.78 is 5.78. The number of aromatic nitrogens is 2. The molecule has 122 valence electrons. The molecule has 3 rings (SSSR count). The van der Waals surface area contributed by atoms with Gasteiger partial charge < -0.3 is 14.7 Å². The zero-order valence-electron chi connectivity index (χ0n) is 13.6. The Balaban J connectivity index is 1.55. The molecule has 0 atom stereocenters. The van der Waals surface area contributed by atoms with Crippen molar-refractivity contribution in [3.05, 3.63) is 42.2 Å². The van der Waals surface area contributed by atoms with Crippen LogP contribution in [-0.2, 0) is 6.61 Å². The van der Waals surface area contributed by atoms with Crippen LogP contribution < -0.4 is 4.74 Å². The summed E-state index contributed by atoms with van der Waals surface area (Å²) in [5.74, 6) is 1.94. The van der Waals surface area contributed by atoms with E-state index in [0.29, 0.717) is 30.1 Å². The van der Waals surface area contributed by atoms with E-state index in [1.165, 1.54) is 0 Å². The van der Waals surface area contributed by atoms with Gasteiger partial charge in [-0.3, -0.25) is 0 Å². The lowest BCUT2D eigenvalue weighted by Gasteiger charge is -2.41. The van der Waals surface area contributed by atoms with Gasteiger partial charge in [0.25, 0.3) is 0 Å². The summed E-state index contributed by atoms with van der Waals surface area (Å²) in [6, 6.07) is 8.21. The highest BCUT2D eigenvalue weighted by molar-refractivity contribution is 5.55. The van der Waals surface area contributed by atoms with Crippen molar-refractivity contribution in [1.82, 2.24) is 14.9 Å². The van der Waals surface area contributed by atoms with E-state index in [1.54, 1.807) is 12.4 Å². The molecule has 0 bridgehead atoms. The largest absolute Gasteiger partial charge is 0.490 e. The number of benzene rings is 1. The minimum atomic E-state index is 0.0177. The van der Waals surface area contributed by atoms with Crippen LogP contribution >= 0.6 is 0 Å². The third kappa shape index (κ3) is 3.86. The maximum Gasteiger partial charge on any atom is 0.159 e. The van der Waals surface area contributed by atoms with Crippen molar-refractivity contribution in [1.29, 1.82) is 0 Å². The first-order chi connectivity index (χ1) is 11.2. The molecule has 0 saturated carbocycles.